The van der Waals surface area contributed by atoms with Crippen LogP contribution in [-0.2, 0) is 6.54 Å². The molecule has 0 spiro atoms. The van der Waals surface area contributed by atoms with E-state index < -0.39 is 5.91 Å². The number of carbonyl (C=O) groups excluding carboxylic acids is 1. The van der Waals surface area contributed by atoms with Gasteiger partial charge in [0.25, 0.3) is 5.91 Å². The summed E-state index contributed by atoms with van der Waals surface area (Å²) in [6.45, 7) is 2.99. The van der Waals surface area contributed by atoms with Crippen LogP contribution < -0.4 is 11.1 Å². The first-order chi connectivity index (χ1) is 9.63. The number of hydrogen-bond acceptors (Lipinski definition) is 3. The van der Waals surface area contributed by atoms with Gasteiger partial charge in [-0.3, -0.25) is 4.79 Å². The quantitative estimate of drug-likeness (QED) is 0.865. The van der Waals surface area contributed by atoms with E-state index in [0.29, 0.717) is 11.6 Å². The van der Waals surface area contributed by atoms with E-state index in [9.17, 15) is 4.79 Å². The second-order valence-electron chi connectivity index (χ2n) is 5.30. The van der Waals surface area contributed by atoms with Crippen LogP contribution in [0.15, 0.2) is 30.6 Å². The first-order valence-corrected chi connectivity index (χ1v) is 6.81. The number of rotatable bonds is 5. The van der Waals surface area contributed by atoms with E-state index in [1.54, 1.807) is 10.9 Å². The molecule has 104 valence electrons. The Labute approximate surface area is 117 Å². The Hall–Kier alpha value is -2.14. The van der Waals surface area contributed by atoms with Crippen molar-refractivity contribution in [1.82, 2.24) is 15.1 Å². The van der Waals surface area contributed by atoms with Crippen LogP contribution >= 0.6 is 0 Å². The minimum Gasteiger partial charge on any atom is -0.366 e. The molecule has 0 radical (unpaired) electrons. The number of hydrogen-bond donors (Lipinski definition) is 2. The highest BCUT2D eigenvalue weighted by Gasteiger charge is 2.20. The number of aromatic nitrogens is 2. The molecular formula is C15H18N4O. The third-order valence-electron chi connectivity index (χ3n) is 3.62. The number of benzene rings is 1. The lowest BCUT2D eigenvalue weighted by Gasteiger charge is -2.09. The van der Waals surface area contributed by atoms with Crippen LogP contribution in [0.5, 0.6) is 0 Å². The van der Waals surface area contributed by atoms with E-state index >= 15 is 0 Å². The molecule has 0 saturated heterocycles. The van der Waals surface area contributed by atoms with Gasteiger partial charge in [-0.15, -0.1) is 0 Å². The summed E-state index contributed by atoms with van der Waals surface area (Å²) in [5.41, 5.74) is 9.10. The Bertz CT molecular complexity index is 643. The Kier molecular flexibility index (Phi) is 3.28. The van der Waals surface area contributed by atoms with Gasteiger partial charge < -0.3 is 11.1 Å². The molecule has 1 fully saturated rings. The zero-order valence-corrected chi connectivity index (χ0v) is 11.5. The van der Waals surface area contributed by atoms with E-state index in [2.05, 4.69) is 29.5 Å². The van der Waals surface area contributed by atoms with Crippen molar-refractivity contribution in [3.05, 3.63) is 47.3 Å². The highest BCUT2D eigenvalue weighted by atomic mass is 16.1. The van der Waals surface area contributed by atoms with Crippen molar-refractivity contribution >= 4 is 5.91 Å². The van der Waals surface area contributed by atoms with Crippen molar-refractivity contribution in [2.75, 3.05) is 0 Å². The van der Waals surface area contributed by atoms with Gasteiger partial charge in [-0.1, -0.05) is 6.07 Å². The van der Waals surface area contributed by atoms with Gasteiger partial charge in [0.15, 0.2) is 0 Å². The van der Waals surface area contributed by atoms with Crippen LogP contribution in [0.25, 0.3) is 5.69 Å². The standard InChI is InChI=1S/C15H18N4O/c1-10-6-14(19-9-12(8-18-19)15(16)20)5-2-11(10)7-17-13-3-4-13/h2,5-6,8-9,13,17H,3-4,7H2,1H3,(H2,16,20). The van der Waals surface area contributed by atoms with E-state index in [-0.39, 0.29) is 0 Å². The average Bonchev–Trinajstić information content (AvgIpc) is 3.11. The summed E-state index contributed by atoms with van der Waals surface area (Å²) < 4.78 is 1.67. The maximum Gasteiger partial charge on any atom is 0.251 e. The highest BCUT2D eigenvalue weighted by molar-refractivity contribution is 5.92. The molecule has 1 aliphatic carbocycles. The lowest BCUT2D eigenvalue weighted by Crippen LogP contribution is -2.16. The number of nitrogens with zero attached hydrogens (tertiary/aromatic N) is 2. The Morgan fingerprint density at radius 2 is 2.30 bits per heavy atom. The maximum atomic E-state index is 11.1. The summed E-state index contributed by atoms with van der Waals surface area (Å²) in [5.74, 6) is -0.460. The minimum atomic E-state index is -0.460. The van der Waals surface area contributed by atoms with E-state index in [0.717, 1.165) is 12.2 Å². The maximum absolute atomic E-state index is 11.1. The second kappa shape index (κ2) is 5.09. The number of nitrogens with two attached hydrogens (primary N) is 1. The topological polar surface area (TPSA) is 72.9 Å². The van der Waals surface area contributed by atoms with Crippen molar-refractivity contribution < 1.29 is 4.79 Å². The van der Waals surface area contributed by atoms with Crippen LogP contribution in [0.1, 0.15) is 34.3 Å². The molecule has 1 aromatic heterocycles. The first kappa shape index (κ1) is 12.9. The first-order valence-electron chi connectivity index (χ1n) is 6.81. The van der Waals surface area contributed by atoms with Crippen molar-refractivity contribution in [3.8, 4) is 5.69 Å². The number of nitrogens with one attached hydrogen (secondary N) is 1. The van der Waals surface area contributed by atoms with Gasteiger partial charge in [0.05, 0.1) is 17.4 Å². The largest absolute Gasteiger partial charge is 0.366 e. The molecule has 5 heteroatoms. The fourth-order valence-electron chi connectivity index (χ4n) is 2.15. The van der Waals surface area contributed by atoms with Crippen LogP contribution in [0, 0.1) is 6.92 Å². The van der Waals surface area contributed by atoms with Crippen LogP contribution in [0.2, 0.25) is 0 Å². The summed E-state index contributed by atoms with van der Waals surface area (Å²) in [7, 11) is 0. The molecule has 3 N–H and O–H groups in total. The zero-order valence-electron chi connectivity index (χ0n) is 11.5. The molecule has 3 rings (SSSR count). The molecule has 0 aliphatic heterocycles. The molecule has 1 heterocycles. The molecule has 5 nitrogen and oxygen atoms in total. The fourth-order valence-corrected chi connectivity index (χ4v) is 2.15. The van der Waals surface area contributed by atoms with E-state index in [1.807, 2.05) is 6.07 Å². The average molecular weight is 270 g/mol. The Balaban J connectivity index is 1.79. The van der Waals surface area contributed by atoms with Gasteiger partial charge in [-0.05, 0) is 43.0 Å². The molecule has 1 aromatic carbocycles. The smallest absolute Gasteiger partial charge is 0.251 e. The molecular weight excluding hydrogens is 252 g/mol. The molecule has 20 heavy (non-hydrogen) atoms. The number of carbonyl (C=O) groups is 1. The zero-order chi connectivity index (χ0) is 14.1. The number of primary amides is 1. The molecule has 1 aliphatic rings. The second-order valence-corrected chi connectivity index (χ2v) is 5.30. The van der Waals surface area contributed by atoms with Crippen molar-refractivity contribution in [1.29, 1.82) is 0 Å². The molecule has 1 amide bonds. The normalized spacial score (nSPS) is 14.4. The van der Waals surface area contributed by atoms with Crippen molar-refractivity contribution in [3.63, 3.8) is 0 Å². The predicted molar refractivity (Wildman–Crippen MR) is 76.7 cm³/mol. The Morgan fingerprint density at radius 3 is 2.90 bits per heavy atom. The van der Waals surface area contributed by atoms with Gasteiger partial charge >= 0.3 is 0 Å². The van der Waals surface area contributed by atoms with Gasteiger partial charge in [0.2, 0.25) is 0 Å². The molecule has 2 aromatic rings. The molecule has 0 atom stereocenters. The molecule has 1 saturated carbocycles. The lowest BCUT2D eigenvalue weighted by molar-refractivity contribution is 0.100. The SMILES string of the molecule is Cc1cc(-n2cc(C(N)=O)cn2)ccc1CNC1CC1. The summed E-state index contributed by atoms with van der Waals surface area (Å²) in [5, 5.41) is 7.67. The third-order valence-corrected chi connectivity index (χ3v) is 3.62. The summed E-state index contributed by atoms with van der Waals surface area (Å²) >= 11 is 0. The van der Waals surface area contributed by atoms with Gasteiger partial charge in [0.1, 0.15) is 0 Å². The summed E-state index contributed by atoms with van der Waals surface area (Å²) in [6, 6.07) is 6.89. The summed E-state index contributed by atoms with van der Waals surface area (Å²) in [4.78, 5) is 11.1. The molecule has 0 unspecified atom stereocenters. The molecule has 0 bridgehead atoms. The van der Waals surface area contributed by atoms with E-state index in [1.165, 1.54) is 30.2 Å². The minimum absolute atomic E-state index is 0.419. The number of amides is 1. The van der Waals surface area contributed by atoms with Gasteiger partial charge in [0, 0.05) is 18.8 Å². The van der Waals surface area contributed by atoms with Gasteiger partial charge in [-0.25, -0.2) is 4.68 Å². The van der Waals surface area contributed by atoms with Crippen LogP contribution in [0.3, 0.4) is 0 Å². The van der Waals surface area contributed by atoms with Crippen LogP contribution in [-0.4, -0.2) is 21.7 Å². The van der Waals surface area contributed by atoms with E-state index in [4.69, 9.17) is 5.73 Å². The van der Waals surface area contributed by atoms with Crippen molar-refractivity contribution in [2.45, 2.75) is 32.4 Å². The fraction of sp³-hybridized carbons (Fsp3) is 0.333. The highest BCUT2D eigenvalue weighted by Crippen LogP contribution is 2.20. The van der Waals surface area contributed by atoms with Gasteiger partial charge in [-0.2, -0.15) is 5.10 Å². The Morgan fingerprint density at radius 1 is 1.50 bits per heavy atom. The lowest BCUT2D eigenvalue weighted by atomic mass is 10.1. The summed E-state index contributed by atoms with van der Waals surface area (Å²) in [6.07, 6.45) is 5.72. The third kappa shape index (κ3) is 2.72. The van der Waals surface area contributed by atoms with Crippen molar-refractivity contribution in [2.24, 2.45) is 5.73 Å². The number of aryl methyl sites for hydroxylation is 1. The van der Waals surface area contributed by atoms with Crippen LogP contribution in [0.4, 0.5) is 0 Å². The monoisotopic (exact) mass is 270 g/mol. The predicted octanol–water partition coefficient (Wildman–Crippen LogP) is 1.53.